The highest BCUT2D eigenvalue weighted by atomic mass is 16.5. The van der Waals surface area contributed by atoms with Crippen molar-refractivity contribution < 1.29 is 9.53 Å². The van der Waals surface area contributed by atoms with Crippen molar-refractivity contribution in [2.45, 2.75) is 18.9 Å². The zero-order chi connectivity index (χ0) is 16.5. The summed E-state index contributed by atoms with van der Waals surface area (Å²) in [7, 11) is 0. The fourth-order valence-electron chi connectivity index (χ4n) is 2.56. The monoisotopic (exact) mass is 316 g/mol. The lowest BCUT2D eigenvalue weighted by Gasteiger charge is -2.32. The first-order valence-corrected chi connectivity index (χ1v) is 7.88. The standard InChI is InChI=1S/C17H24N4O2/c1-3-10-21(11-4-2)16(22)14-20-12-6-15(7-13-20)23-17-18-8-5-9-19-17/h3-5,8-9,15H,1-2,6-7,10-14H2. The molecule has 124 valence electrons. The summed E-state index contributed by atoms with van der Waals surface area (Å²) in [6.07, 6.45) is 8.67. The van der Waals surface area contributed by atoms with E-state index >= 15 is 0 Å². The number of nitrogens with zero attached hydrogens (tertiary/aromatic N) is 4. The van der Waals surface area contributed by atoms with Crippen LogP contribution in [0.4, 0.5) is 0 Å². The molecule has 1 aromatic rings. The van der Waals surface area contributed by atoms with E-state index in [1.54, 1.807) is 35.5 Å². The van der Waals surface area contributed by atoms with Crippen LogP contribution in [0.2, 0.25) is 0 Å². The van der Waals surface area contributed by atoms with Crippen LogP contribution >= 0.6 is 0 Å². The van der Waals surface area contributed by atoms with Crippen LogP contribution < -0.4 is 4.74 Å². The molecular weight excluding hydrogens is 292 g/mol. The SMILES string of the molecule is C=CCN(CC=C)C(=O)CN1CCC(Oc2ncccn2)CC1. The van der Waals surface area contributed by atoms with Crippen LogP contribution in [0.5, 0.6) is 6.01 Å². The number of rotatable bonds is 8. The summed E-state index contributed by atoms with van der Waals surface area (Å²) in [4.78, 5) is 24.4. The molecule has 23 heavy (non-hydrogen) atoms. The van der Waals surface area contributed by atoms with Crippen molar-refractivity contribution in [2.24, 2.45) is 0 Å². The normalized spacial score (nSPS) is 15.8. The lowest BCUT2D eigenvalue weighted by Crippen LogP contribution is -2.45. The van der Waals surface area contributed by atoms with Gasteiger partial charge in [-0.2, -0.15) is 0 Å². The van der Waals surface area contributed by atoms with Gasteiger partial charge in [0, 0.05) is 38.6 Å². The van der Waals surface area contributed by atoms with E-state index in [-0.39, 0.29) is 12.0 Å². The zero-order valence-corrected chi connectivity index (χ0v) is 13.4. The van der Waals surface area contributed by atoms with Gasteiger partial charge in [-0.25, -0.2) is 9.97 Å². The first kappa shape index (κ1) is 17.1. The average Bonchev–Trinajstić information content (AvgIpc) is 2.57. The molecule has 0 N–H and O–H groups in total. The van der Waals surface area contributed by atoms with Crippen molar-refractivity contribution >= 4 is 5.91 Å². The van der Waals surface area contributed by atoms with Crippen molar-refractivity contribution in [3.05, 3.63) is 43.8 Å². The maximum absolute atomic E-state index is 12.3. The van der Waals surface area contributed by atoms with Gasteiger partial charge in [0.1, 0.15) is 6.10 Å². The number of ether oxygens (including phenoxy) is 1. The smallest absolute Gasteiger partial charge is 0.316 e. The van der Waals surface area contributed by atoms with Crippen LogP contribution in [0.3, 0.4) is 0 Å². The Morgan fingerprint density at radius 3 is 2.43 bits per heavy atom. The molecule has 1 saturated heterocycles. The van der Waals surface area contributed by atoms with E-state index in [0.29, 0.717) is 25.6 Å². The lowest BCUT2D eigenvalue weighted by atomic mass is 10.1. The molecule has 1 aliphatic heterocycles. The summed E-state index contributed by atoms with van der Waals surface area (Å²) < 4.78 is 5.76. The molecule has 6 heteroatoms. The van der Waals surface area contributed by atoms with Crippen molar-refractivity contribution in [1.82, 2.24) is 19.8 Å². The number of hydrogen-bond donors (Lipinski definition) is 0. The van der Waals surface area contributed by atoms with Crippen molar-refractivity contribution in [1.29, 1.82) is 0 Å². The Bertz CT molecular complexity index is 503. The third kappa shape index (κ3) is 5.49. The minimum Gasteiger partial charge on any atom is -0.460 e. The summed E-state index contributed by atoms with van der Waals surface area (Å²) in [6, 6.07) is 2.18. The molecule has 0 bridgehead atoms. The molecule has 1 aliphatic rings. The Morgan fingerprint density at radius 2 is 1.87 bits per heavy atom. The van der Waals surface area contributed by atoms with Gasteiger partial charge in [-0.3, -0.25) is 9.69 Å². The number of likely N-dealkylation sites (tertiary alicyclic amines) is 1. The largest absolute Gasteiger partial charge is 0.460 e. The van der Waals surface area contributed by atoms with Gasteiger partial charge in [0.15, 0.2) is 0 Å². The van der Waals surface area contributed by atoms with Crippen molar-refractivity contribution in [3.8, 4) is 6.01 Å². The third-order valence-corrected chi connectivity index (χ3v) is 3.76. The molecule has 0 aliphatic carbocycles. The molecule has 0 saturated carbocycles. The fraction of sp³-hybridized carbons (Fsp3) is 0.471. The molecule has 2 rings (SSSR count). The molecule has 1 aromatic heterocycles. The molecule has 1 fully saturated rings. The van der Waals surface area contributed by atoms with Gasteiger partial charge in [-0.1, -0.05) is 12.2 Å². The van der Waals surface area contributed by atoms with E-state index in [1.807, 2.05) is 0 Å². The number of carbonyl (C=O) groups excluding carboxylic acids is 1. The number of amides is 1. The molecule has 6 nitrogen and oxygen atoms in total. The van der Waals surface area contributed by atoms with Crippen LogP contribution in [0, 0.1) is 0 Å². The maximum atomic E-state index is 12.3. The quantitative estimate of drug-likeness (QED) is 0.681. The predicted octanol–water partition coefficient (Wildman–Crippen LogP) is 1.52. The topological polar surface area (TPSA) is 58.6 Å². The second-order valence-corrected chi connectivity index (χ2v) is 5.50. The van der Waals surface area contributed by atoms with Crippen LogP contribution in [0.15, 0.2) is 43.8 Å². The Balaban J connectivity index is 1.76. The number of aromatic nitrogens is 2. The molecule has 0 unspecified atom stereocenters. The fourth-order valence-corrected chi connectivity index (χ4v) is 2.56. The van der Waals surface area contributed by atoms with E-state index in [9.17, 15) is 4.79 Å². The van der Waals surface area contributed by atoms with Crippen molar-refractivity contribution in [3.63, 3.8) is 0 Å². The molecule has 0 radical (unpaired) electrons. The second-order valence-electron chi connectivity index (χ2n) is 5.50. The second kappa shape index (κ2) is 9.05. The van der Waals surface area contributed by atoms with Crippen molar-refractivity contribution in [2.75, 3.05) is 32.7 Å². The van der Waals surface area contributed by atoms with Gasteiger partial charge in [0.2, 0.25) is 5.91 Å². The van der Waals surface area contributed by atoms with E-state index < -0.39 is 0 Å². The highest BCUT2D eigenvalue weighted by Gasteiger charge is 2.23. The van der Waals surface area contributed by atoms with Gasteiger partial charge >= 0.3 is 6.01 Å². The number of piperidine rings is 1. The minimum absolute atomic E-state index is 0.107. The Morgan fingerprint density at radius 1 is 1.26 bits per heavy atom. The Hall–Kier alpha value is -2.21. The highest BCUT2D eigenvalue weighted by molar-refractivity contribution is 5.78. The lowest BCUT2D eigenvalue weighted by molar-refractivity contribution is -0.131. The van der Waals surface area contributed by atoms with Gasteiger partial charge < -0.3 is 9.64 Å². The van der Waals surface area contributed by atoms with E-state index in [0.717, 1.165) is 25.9 Å². The molecular formula is C17H24N4O2. The van der Waals surface area contributed by atoms with Crippen LogP contribution in [-0.2, 0) is 4.79 Å². The third-order valence-electron chi connectivity index (χ3n) is 3.76. The molecule has 0 atom stereocenters. The Labute approximate surface area is 137 Å². The summed E-state index contributed by atoms with van der Waals surface area (Å²) in [6.45, 7) is 10.6. The zero-order valence-electron chi connectivity index (χ0n) is 13.4. The first-order chi connectivity index (χ1) is 11.2. The summed E-state index contributed by atoms with van der Waals surface area (Å²) in [5.41, 5.74) is 0. The first-order valence-electron chi connectivity index (χ1n) is 7.88. The van der Waals surface area contributed by atoms with Gasteiger partial charge in [-0.05, 0) is 18.9 Å². The maximum Gasteiger partial charge on any atom is 0.316 e. The molecule has 1 amide bonds. The molecule has 0 aromatic carbocycles. The van der Waals surface area contributed by atoms with Crippen LogP contribution in [-0.4, -0.2) is 64.5 Å². The van der Waals surface area contributed by atoms with Crippen LogP contribution in [0.1, 0.15) is 12.8 Å². The summed E-state index contributed by atoms with van der Waals surface area (Å²) in [5.74, 6) is 0.107. The Kier molecular flexibility index (Phi) is 6.75. The average molecular weight is 316 g/mol. The van der Waals surface area contributed by atoms with Gasteiger partial charge in [-0.15, -0.1) is 13.2 Å². The minimum atomic E-state index is 0.107. The predicted molar refractivity (Wildman–Crippen MR) is 89.1 cm³/mol. The molecule has 0 spiro atoms. The van der Waals surface area contributed by atoms with Gasteiger partial charge in [0.25, 0.3) is 0 Å². The summed E-state index contributed by atoms with van der Waals surface area (Å²) in [5, 5.41) is 0. The van der Waals surface area contributed by atoms with Crippen LogP contribution in [0.25, 0.3) is 0 Å². The van der Waals surface area contributed by atoms with E-state index in [4.69, 9.17) is 4.74 Å². The van der Waals surface area contributed by atoms with Gasteiger partial charge in [0.05, 0.1) is 6.54 Å². The molecule has 2 heterocycles. The number of hydrogen-bond acceptors (Lipinski definition) is 5. The van der Waals surface area contributed by atoms with E-state index in [1.165, 1.54) is 0 Å². The summed E-state index contributed by atoms with van der Waals surface area (Å²) >= 11 is 0. The highest BCUT2D eigenvalue weighted by Crippen LogP contribution is 2.15. The number of carbonyl (C=O) groups is 1. The van der Waals surface area contributed by atoms with E-state index in [2.05, 4.69) is 28.0 Å².